The average molecular weight is 256 g/mol. The summed E-state index contributed by atoms with van der Waals surface area (Å²) in [5.41, 5.74) is 11.0. The molecule has 0 saturated heterocycles. The van der Waals surface area contributed by atoms with Crippen LogP contribution >= 0.6 is 0 Å². The summed E-state index contributed by atoms with van der Waals surface area (Å²) in [5, 5.41) is 20.0. The molecule has 1 aromatic carbocycles. The highest BCUT2D eigenvalue weighted by molar-refractivity contribution is 5.78. The Morgan fingerprint density at radius 2 is 1.95 bits per heavy atom. The van der Waals surface area contributed by atoms with Crippen LogP contribution in [0.4, 0.5) is 17.5 Å². The molecule has 0 saturated carbocycles. The first-order chi connectivity index (χ1) is 9.04. The van der Waals surface area contributed by atoms with E-state index in [9.17, 15) is 10.1 Å². The number of nitrogens with two attached hydrogens (primary N) is 2. The summed E-state index contributed by atoms with van der Waals surface area (Å²) in [5.74, 6) is -0.257. The van der Waals surface area contributed by atoms with Crippen molar-refractivity contribution >= 4 is 17.5 Å². The molecule has 0 bridgehead atoms. The molecule has 0 aliphatic rings. The second-order valence-electron chi connectivity index (χ2n) is 3.58. The fourth-order valence-electron chi connectivity index (χ4n) is 1.63. The number of hydrogen-bond acceptors (Lipinski definition) is 7. The standard InChI is InChI=1S/C11H8N6O2/c12-5-7-9(15-11(14)16-10(7)13)6-3-1-2-4-8(6)17(18)19/h1-4H,(H4,13,14,15,16). The summed E-state index contributed by atoms with van der Waals surface area (Å²) in [6.07, 6.45) is 0. The van der Waals surface area contributed by atoms with Crippen LogP contribution in [0.15, 0.2) is 24.3 Å². The molecule has 8 heteroatoms. The van der Waals surface area contributed by atoms with Crippen molar-refractivity contribution in [2.24, 2.45) is 0 Å². The van der Waals surface area contributed by atoms with Crippen LogP contribution < -0.4 is 11.5 Å². The van der Waals surface area contributed by atoms with Crippen LogP contribution in [0.3, 0.4) is 0 Å². The molecule has 0 aliphatic carbocycles. The van der Waals surface area contributed by atoms with Gasteiger partial charge in [0, 0.05) is 6.07 Å². The number of nitrogens with zero attached hydrogens (tertiary/aromatic N) is 4. The zero-order valence-electron chi connectivity index (χ0n) is 9.57. The molecule has 0 radical (unpaired) electrons. The van der Waals surface area contributed by atoms with Gasteiger partial charge in [-0.25, -0.2) is 4.98 Å². The highest BCUT2D eigenvalue weighted by atomic mass is 16.6. The van der Waals surface area contributed by atoms with Gasteiger partial charge in [-0.2, -0.15) is 10.2 Å². The second kappa shape index (κ2) is 4.58. The molecule has 0 atom stereocenters. The summed E-state index contributed by atoms with van der Waals surface area (Å²) < 4.78 is 0. The summed E-state index contributed by atoms with van der Waals surface area (Å²) >= 11 is 0. The van der Waals surface area contributed by atoms with E-state index in [-0.39, 0.29) is 34.3 Å². The van der Waals surface area contributed by atoms with E-state index in [4.69, 9.17) is 16.7 Å². The van der Waals surface area contributed by atoms with E-state index in [0.717, 1.165) is 0 Å². The van der Waals surface area contributed by atoms with Crippen molar-refractivity contribution in [1.82, 2.24) is 9.97 Å². The van der Waals surface area contributed by atoms with Gasteiger partial charge in [-0.15, -0.1) is 0 Å². The van der Waals surface area contributed by atoms with Crippen molar-refractivity contribution < 1.29 is 4.92 Å². The van der Waals surface area contributed by atoms with Gasteiger partial charge in [-0.3, -0.25) is 10.1 Å². The van der Waals surface area contributed by atoms with E-state index >= 15 is 0 Å². The first-order valence-corrected chi connectivity index (χ1v) is 5.11. The molecule has 1 heterocycles. The number of benzene rings is 1. The Labute approximate surface area is 107 Å². The molecule has 0 fully saturated rings. The maximum atomic E-state index is 11.0. The largest absolute Gasteiger partial charge is 0.382 e. The molecule has 8 nitrogen and oxygen atoms in total. The molecular formula is C11H8N6O2. The van der Waals surface area contributed by atoms with Gasteiger partial charge in [-0.05, 0) is 6.07 Å². The smallest absolute Gasteiger partial charge is 0.278 e. The molecular weight excluding hydrogens is 248 g/mol. The summed E-state index contributed by atoms with van der Waals surface area (Å²) in [4.78, 5) is 18.0. The summed E-state index contributed by atoms with van der Waals surface area (Å²) in [7, 11) is 0. The number of rotatable bonds is 2. The highest BCUT2D eigenvalue weighted by Crippen LogP contribution is 2.32. The van der Waals surface area contributed by atoms with E-state index in [1.807, 2.05) is 6.07 Å². The van der Waals surface area contributed by atoms with E-state index < -0.39 is 4.92 Å². The molecule has 2 aromatic rings. The van der Waals surface area contributed by atoms with Crippen LogP contribution in [0.25, 0.3) is 11.3 Å². The monoisotopic (exact) mass is 256 g/mol. The van der Waals surface area contributed by atoms with Crippen LogP contribution in [0.5, 0.6) is 0 Å². The fourth-order valence-corrected chi connectivity index (χ4v) is 1.63. The molecule has 0 spiro atoms. The van der Waals surface area contributed by atoms with Gasteiger partial charge < -0.3 is 11.5 Å². The Morgan fingerprint density at radius 1 is 1.26 bits per heavy atom. The van der Waals surface area contributed by atoms with Crippen molar-refractivity contribution in [2.75, 3.05) is 11.5 Å². The van der Waals surface area contributed by atoms with Crippen LogP contribution in [0.2, 0.25) is 0 Å². The van der Waals surface area contributed by atoms with Crippen molar-refractivity contribution in [2.45, 2.75) is 0 Å². The minimum atomic E-state index is -0.565. The topological polar surface area (TPSA) is 145 Å². The van der Waals surface area contributed by atoms with Crippen molar-refractivity contribution in [3.05, 3.63) is 39.9 Å². The zero-order chi connectivity index (χ0) is 14.0. The third-order valence-electron chi connectivity index (χ3n) is 2.42. The number of anilines is 2. The normalized spacial score (nSPS) is 9.84. The van der Waals surface area contributed by atoms with Gasteiger partial charge in [0.2, 0.25) is 5.95 Å². The van der Waals surface area contributed by atoms with Crippen LogP contribution in [-0.4, -0.2) is 14.9 Å². The lowest BCUT2D eigenvalue weighted by Crippen LogP contribution is -2.05. The Balaban J connectivity index is 2.80. The van der Waals surface area contributed by atoms with Crippen LogP contribution in [0.1, 0.15) is 5.56 Å². The SMILES string of the molecule is N#Cc1c(N)nc(N)nc1-c1ccccc1[N+](=O)[O-]. The van der Waals surface area contributed by atoms with Gasteiger partial charge >= 0.3 is 0 Å². The quantitative estimate of drug-likeness (QED) is 0.604. The number of para-hydroxylation sites is 1. The molecule has 0 amide bonds. The number of hydrogen-bond donors (Lipinski definition) is 2. The third-order valence-corrected chi connectivity index (χ3v) is 2.42. The van der Waals surface area contributed by atoms with Crippen molar-refractivity contribution in [1.29, 1.82) is 5.26 Å². The lowest BCUT2D eigenvalue weighted by molar-refractivity contribution is -0.384. The number of nitro groups is 1. The Bertz CT molecular complexity index is 707. The maximum absolute atomic E-state index is 11.0. The van der Waals surface area contributed by atoms with Gasteiger partial charge in [0.05, 0.1) is 10.5 Å². The second-order valence-corrected chi connectivity index (χ2v) is 3.58. The molecule has 2 rings (SSSR count). The minimum Gasteiger partial charge on any atom is -0.382 e. The Morgan fingerprint density at radius 3 is 2.58 bits per heavy atom. The van der Waals surface area contributed by atoms with E-state index in [0.29, 0.717) is 0 Å². The average Bonchev–Trinajstić information content (AvgIpc) is 2.37. The van der Waals surface area contributed by atoms with E-state index in [2.05, 4.69) is 9.97 Å². The molecule has 19 heavy (non-hydrogen) atoms. The lowest BCUT2D eigenvalue weighted by atomic mass is 10.1. The lowest BCUT2D eigenvalue weighted by Gasteiger charge is -2.06. The maximum Gasteiger partial charge on any atom is 0.278 e. The summed E-state index contributed by atoms with van der Waals surface area (Å²) in [6.45, 7) is 0. The minimum absolute atomic E-state index is 0.0384. The Kier molecular flexibility index (Phi) is 2.95. The van der Waals surface area contributed by atoms with Gasteiger partial charge in [0.25, 0.3) is 5.69 Å². The molecule has 0 aliphatic heterocycles. The van der Waals surface area contributed by atoms with Crippen molar-refractivity contribution in [3.8, 4) is 17.3 Å². The van der Waals surface area contributed by atoms with Crippen LogP contribution in [-0.2, 0) is 0 Å². The first-order valence-electron chi connectivity index (χ1n) is 5.11. The van der Waals surface area contributed by atoms with Crippen molar-refractivity contribution in [3.63, 3.8) is 0 Å². The van der Waals surface area contributed by atoms with Gasteiger partial charge in [0.1, 0.15) is 23.1 Å². The molecule has 4 N–H and O–H groups in total. The number of aromatic nitrogens is 2. The first kappa shape index (κ1) is 12.3. The fraction of sp³-hybridized carbons (Fsp3) is 0. The molecule has 94 valence electrons. The zero-order valence-corrected chi connectivity index (χ0v) is 9.57. The predicted octanol–water partition coefficient (Wildman–Crippen LogP) is 1.09. The van der Waals surface area contributed by atoms with Gasteiger partial charge in [-0.1, -0.05) is 12.1 Å². The highest BCUT2D eigenvalue weighted by Gasteiger charge is 2.21. The summed E-state index contributed by atoms with van der Waals surface area (Å²) in [6, 6.07) is 7.72. The molecule has 0 unspecified atom stereocenters. The van der Waals surface area contributed by atoms with E-state index in [1.54, 1.807) is 6.07 Å². The molecule has 1 aromatic heterocycles. The number of nitro benzene ring substituents is 1. The number of nitriles is 1. The predicted molar refractivity (Wildman–Crippen MR) is 67.7 cm³/mol. The Hall–Kier alpha value is -3.21. The number of nitrogen functional groups attached to an aromatic ring is 2. The van der Waals surface area contributed by atoms with Crippen LogP contribution in [0, 0.1) is 21.4 Å². The van der Waals surface area contributed by atoms with Gasteiger partial charge in [0.15, 0.2) is 0 Å². The van der Waals surface area contributed by atoms with E-state index in [1.165, 1.54) is 18.2 Å². The third kappa shape index (κ3) is 2.12.